The van der Waals surface area contributed by atoms with Crippen LogP contribution in [0.3, 0.4) is 0 Å². The van der Waals surface area contributed by atoms with Crippen LogP contribution in [0.5, 0.6) is 0 Å². The topological polar surface area (TPSA) is 181 Å². The van der Waals surface area contributed by atoms with Crippen LogP contribution in [0.15, 0.2) is 30.3 Å². The molecule has 0 radical (unpaired) electrons. The molecule has 1 aromatic carbocycles. The van der Waals surface area contributed by atoms with Crippen molar-refractivity contribution in [1.29, 1.82) is 0 Å². The average molecular weight is 704 g/mol. The third kappa shape index (κ3) is 11.2. The van der Waals surface area contributed by atoms with Crippen molar-refractivity contribution in [1.82, 2.24) is 20.4 Å². The first-order valence-corrected chi connectivity index (χ1v) is 17.7. The van der Waals surface area contributed by atoms with Crippen LogP contribution in [-0.4, -0.2) is 114 Å². The van der Waals surface area contributed by atoms with Gasteiger partial charge in [0, 0.05) is 34.2 Å². The van der Waals surface area contributed by atoms with Crippen LogP contribution < -0.4 is 16.4 Å². The normalized spacial score (nSPS) is 19.1. The van der Waals surface area contributed by atoms with E-state index in [1.54, 1.807) is 49.8 Å². The lowest BCUT2D eigenvalue weighted by molar-refractivity contribution is -0.148. The highest BCUT2D eigenvalue weighted by atomic mass is 16.5. The number of carbonyl (C=O) groups excluding carboxylic acids is 4. The first-order valence-electron chi connectivity index (χ1n) is 17.7. The van der Waals surface area contributed by atoms with Gasteiger partial charge >= 0.3 is 5.97 Å². The van der Waals surface area contributed by atoms with Gasteiger partial charge in [0.15, 0.2) is 0 Å². The van der Waals surface area contributed by atoms with Crippen LogP contribution in [0.25, 0.3) is 0 Å². The van der Waals surface area contributed by atoms with Gasteiger partial charge in [-0.25, -0.2) is 4.79 Å². The molecule has 0 bridgehead atoms. The molecule has 0 aromatic heterocycles. The molecule has 8 atom stereocenters. The van der Waals surface area contributed by atoms with Crippen molar-refractivity contribution in [3.05, 3.63) is 35.9 Å². The van der Waals surface area contributed by atoms with E-state index in [4.69, 9.17) is 15.2 Å². The summed E-state index contributed by atoms with van der Waals surface area (Å²) in [7, 11) is 4.68. The Kier molecular flexibility index (Phi) is 16.3. The predicted molar refractivity (Wildman–Crippen MR) is 191 cm³/mol. The number of carbonyl (C=O) groups is 5. The molecule has 1 fully saturated rings. The van der Waals surface area contributed by atoms with Crippen LogP contribution in [0.1, 0.15) is 79.7 Å². The molecule has 1 heterocycles. The number of nitrogens with two attached hydrogens (primary N) is 1. The standard InChI is InChI=1S/C37H61N5O8/c1-11-23(4)31(41(8)34(45)30(22(2)3)40-36(48)37(6,7)38)28(49-9)21-29(43)42-19-15-18-27(42)32(50-10)24(5)33(44)39-26(35(46)47)20-25-16-13-12-14-17-25/h12-14,16-17,22-24,26-28,30-32H,11,15,18-21,38H2,1-10H3,(H,39,44)(H,40,48)(H,46,47)/t23-,24+,26-,27-,28?,30-,31-,32+/m0/s1. The molecule has 13 nitrogen and oxygen atoms in total. The maximum absolute atomic E-state index is 14.1. The highest BCUT2D eigenvalue weighted by Gasteiger charge is 2.43. The highest BCUT2D eigenvalue weighted by molar-refractivity contribution is 5.92. The van der Waals surface area contributed by atoms with Gasteiger partial charge < -0.3 is 40.7 Å². The van der Waals surface area contributed by atoms with E-state index in [0.717, 1.165) is 5.56 Å². The van der Waals surface area contributed by atoms with Crippen LogP contribution in [0, 0.1) is 17.8 Å². The van der Waals surface area contributed by atoms with E-state index < -0.39 is 65.6 Å². The van der Waals surface area contributed by atoms with E-state index >= 15 is 0 Å². The molecule has 1 aliphatic heterocycles. The molecule has 5 N–H and O–H groups in total. The van der Waals surface area contributed by atoms with E-state index in [1.807, 2.05) is 45.9 Å². The first-order chi connectivity index (χ1) is 23.4. The Morgan fingerprint density at radius 2 is 1.66 bits per heavy atom. The summed E-state index contributed by atoms with van der Waals surface area (Å²) in [4.78, 5) is 69.5. The fourth-order valence-electron chi connectivity index (χ4n) is 6.72. The third-order valence-corrected chi connectivity index (χ3v) is 9.96. The van der Waals surface area contributed by atoms with Crippen molar-refractivity contribution < 1.29 is 38.6 Å². The largest absolute Gasteiger partial charge is 0.480 e. The van der Waals surface area contributed by atoms with Crippen molar-refractivity contribution in [2.24, 2.45) is 23.5 Å². The van der Waals surface area contributed by atoms with Gasteiger partial charge in [0.2, 0.25) is 23.6 Å². The van der Waals surface area contributed by atoms with Gasteiger partial charge in [0.1, 0.15) is 12.1 Å². The SMILES string of the molecule is CC[C@H](C)[C@@H](C(CC(=O)N1CCC[C@H]1[C@H](OC)[C@@H](C)C(=O)N[C@@H](Cc1ccccc1)C(=O)O)OC)N(C)C(=O)[C@@H](NC(=O)C(C)(C)N)C(C)C. The zero-order valence-electron chi connectivity index (χ0n) is 31.6. The summed E-state index contributed by atoms with van der Waals surface area (Å²) in [5, 5.41) is 15.3. The summed E-state index contributed by atoms with van der Waals surface area (Å²) in [5.41, 5.74) is 5.61. The van der Waals surface area contributed by atoms with Crippen LogP contribution in [0.2, 0.25) is 0 Å². The van der Waals surface area contributed by atoms with E-state index in [0.29, 0.717) is 25.8 Å². The lowest BCUT2D eigenvalue weighted by atomic mass is 9.89. The number of hydrogen-bond acceptors (Lipinski definition) is 8. The molecule has 1 aliphatic rings. The summed E-state index contributed by atoms with van der Waals surface area (Å²) in [6, 6.07) is 6.19. The minimum Gasteiger partial charge on any atom is -0.480 e. The summed E-state index contributed by atoms with van der Waals surface area (Å²) >= 11 is 0. The molecule has 4 amide bonds. The maximum atomic E-state index is 14.1. The number of nitrogens with one attached hydrogen (secondary N) is 2. The van der Waals surface area contributed by atoms with E-state index in [-0.39, 0.29) is 36.5 Å². The minimum absolute atomic E-state index is 0.0245. The van der Waals surface area contributed by atoms with Crippen molar-refractivity contribution in [3.63, 3.8) is 0 Å². The number of amides is 4. The Labute approximate surface area is 298 Å². The lowest BCUT2D eigenvalue weighted by Crippen LogP contribution is -2.60. The number of benzene rings is 1. The Morgan fingerprint density at radius 1 is 1.04 bits per heavy atom. The molecule has 282 valence electrons. The maximum Gasteiger partial charge on any atom is 0.326 e. The number of ether oxygens (including phenoxy) is 2. The number of hydrogen-bond donors (Lipinski definition) is 4. The number of carboxylic acids is 1. The van der Waals surface area contributed by atoms with Gasteiger partial charge in [-0.15, -0.1) is 0 Å². The van der Waals surface area contributed by atoms with E-state index in [1.165, 1.54) is 14.2 Å². The molecule has 1 saturated heterocycles. The fraction of sp³-hybridized carbons (Fsp3) is 0.703. The lowest BCUT2D eigenvalue weighted by Gasteiger charge is -2.41. The van der Waals surface area contributed by atoms with Gasteiger partial charge in [0.25, 0.3) is 0 Å². The smallest absolute Gasteiger partial charge is 0.326 e. The minimum atomic E-state index is -1.17. The van der Waals surface area contributed by atoms with E-state index in [9.17, 15) is 29.1 Å². The van der Waals surface area contributed by atoms with Gasteiger partial charge in [0.05, 0.1) is 42.2 Å². The molecule has 1 aromatic rings. The highest BCUT2D eigenvalue weighted by Crippen LogP contribution is 2.29. The van der Waals surface area contributed by atoms with Crippen LogP contribution in [-0.2, 0) is 39.9 Å². The number of carboxylic acid groups (broad SMARTS) is 1. The number of aliphatic carboxylic acids is 1. The predicted octanol–water partition coefficient (Wildman–Crippen LogP) is 2.60. The number of likely N-dealkylation sites (tertiary alicyclic amines) is 1. The summed E-state index contributed by atoms with van der Waals surface area (Å²) < 4.78 is 11.8. The van der Waals surface area contributed by atoms with Crippen LogP contribution >= 0.6 is 0 Å². The van der Waals surface area contributed by atoms with Crippen molar-refractivity contribution >= 4 is 29.6 Å². The Bertz CT molecular complexity index is 1290. The second kappa shape index (κ2) is 19.2. The Hall–Kier alpha value is -3.55. The molecule has 2 rings (SSSR count). The second-order valence-corrected chi connectivity index (χ2v) is 14.6. The molecule has 0 aliphatic carbocycles. The number of nitrogens with zero attached hydrogens (tertiary/aromatic N) is 2. The molecule has 1 unspecified atom stereocenters. The second-order valence-electron chi connectivity index (χ2n) is 14.6. The van der Waals surface area contributed by atoms with Gasteiger partial charge in [-0.05, 0) is 44.1 Å². The molecule has 0 spiro atoms. The van der Waals surface area contributed by atoms with Crippen molar-refractivity contribution in [2.75, 3.05) is 27.8 Å². The van der Waals surface area contributed by atoms with Crippen molar-refractivity contribution in [3.8, 4) is 0 Å². The molecule has 50 heavy (non-hydrogen) atoms. The van der Waals surface area contributed by atoms with E-state index in [2.05, 4.69) is 10.6 Å². The fourth-order valence-corrected chi connectivity index (χ4v) is 6.72. The zero-order valence-corrected chi connectivity index (χ0v) is 31.6. The third-order valence-electron chi connectivity index (χ3n) is 9.96. The number of likely N-dealkylation sites (N-methyl/N-ethyl adjacent to an activating group) is 1. The Morgan fingerprint density at radius 3 is 2.16 bits per heavy atom. The molecule has 13 heteroatoms. The number of rotatable bonds is 19. The first kappa shape index (κ1) is 42.6. The summed E-state index contributed by atoms with van der Waals surface area (Å²) in [6.07, 6.45) is 0.757. The van der Waals surface area contributed by atoms with Crippen molar-refractivity contribution in [2.45, 2.75) is 122 Å². The Balaban J connectivity index is 2.26. The number of methoxy groups -OCH3 is 2. The average Bonchev–Trinajstić information content (AvgIpc) is 3.55. The quantitative estimate of drug-likeness (QED) is 0.168. The van der Waals surface area contributed by atoms with Gasteiger partial charge in [-0.2, -0.15) is 0 Å². The van der Waals surface area contributed by atoms with Crippen LogP contribution in [0.4, 0.5) is 0 Å². The summed E-state index contributed by atoms with van der Waals surface area (Å²) in [5.74, 6) is -3.60. The van der Waals surface area contributed by atoms with Gasteiger partial charge in [-0.3, -0.25) is 19.2 Å². The zero-order chi connectivity index (χ0) is 37.9. The summed E-state index contributed by atoms with van der Waals surface area (Å²) in [6.45, 7) is 13.0. The molecule has 0 saturated carbocycles. The molecular weight excluding hydrogens is 642 g/mol. The van der Waals surface area contributed by atoms with Gasteiger partial charge in [-0.1, -0.05) is 71.4 Å². The monoisotopic (exact) mass is 703 g/mol. The molecular formula is C37H61N5O8.